The fraction of sp³-hybridized carbons (Fsp3) is 0.591. The van der Waals surface area contributed by atoms with Gasteiger partial charge in [-0.1, -0.05) is 5.57 Å². The topological polar surface area (TPSA) is 137 Å². The van der Waals surface area contributed by atoms with Gasteiger partial charge in [-0.3, -0.25) is 19.2 Å². The fourth-order valence-corrected chi connectivity index (χ4v) is 5.14. The summed E-state index contributed by atoms with van der Waals surface area (Å²) in [4.78, 5) is 62.8. The molecular weight excluding hydrogens is 408 g/mol. The molecule has 2 aliphatic heterocycles. The monoisotopic (exact) mass is 432 g/mol. The summed E-state index contributed by atoms with van der Waals surface area (Å²) >= 11 is 0. The van der Waals surface area contributed by atoms with Crippen molar-refractivity contribution in [3.63, 3.8) is 0 Å². The van der Waals surface area contributed by atoms with Gasteiger partial charge in [0.15, 0.2) is 23.3 Å². The molecule has 0 saturated carbocycles. The number of carbonyl (C=O) groups excluding carboxylic acids is 5. The quantitative estimate of drug-likeness (QED) is 0.379. The van der Waals surface area contributed by atoms with Crippen LogP contribution in [0.1, 0.15) is 41.0 Å². The Kier molecular flexibility index (Phi) is 4.64. The molecular formula is C22H24O9. The first-order valence-corrected chi connectivity index (χ1v) is 10.1. The Bertz CT molecular complexity index is 1000. The number of ketones is 3. The van der Waals surface area contributed by atoms with Crippen LogP contribution >= 0.6 is 0 Å². The number of rotatable bonds is 4. The number of ether oxygens (including phenoxy) is 3. The van der Waals surface area contributed by atoms with Crippen LogP contribution in [-0.4, -0.2) is 63.9 Å². The Morgan fingerprint density at radius 1 is 1.23 bits per heavy atom. The van der Waals surface area contributed by atoms with Crippen LogP contribution in [0.15, 0.2) is 22.8 Å². The highest BCUT2D eigenvalue weighted by Gasteiger charge is 2.66. The lowest BCUT2D eigenvalue weighted by Crippen LogP contribution is -2.50. The van der Waals surface area contributed by atoms with E-state index in [1.807, 2.05) is 0 Å². The van der Waals surface area contributed by atoms with Crippen LogP contribution in [0.5, 0.6) is 0 Å². The summed E-state index contributed by atoms with van der Waals surface area (Å²) in [6.07, 6.45) is -2.00. The predicted molar refractivity (Wildman–Crippen MR) is 102 cm³/mol. The number of carbonyl (C=O) groups is 5. The van der Waals surface area contributed by atoms with Gasteiger partial charge in [-0.25, -0.2) is 4.79 Å². The normalized spacial score (nSPS) is 41.3. The summed E-state index contributed by atoms with van der Waals surface area (Å²) in [6, 6.07) is 0. The van der Waals surface area contributed by atoms with Gasteiger partial charge in [-0.15, -0.1) is 0 Å². The lowest BCUT2D eigenvalue weighted by Gasteiger charge is -2.34. The summed E-state index contributed by atoms with van der Waals surface area (Å²) in [6.45, 7) is 7.59. The second kappa shape index (κ2) is 6.67. The third-order valence-electron chi connectivity index (χ3n) is 7.15. The average Bonchev–Trinajstić information content (AvgIpc) is 3.10. The molecule has 9 heteroatoms. The van der Waals surface area contributed by atoms with Crippen molar-refractivity contribution in [3.8, 4) is 0 Å². The van der Waals surface area contributed by atoms with Gasteiger partial charge in [0.1, 0.15) is 17.6 Å². The maximum atomic E-state index is 13.0. The van der Waals surface area contributed by atoms with Gasteiger partial charge in [-0.2, -0.15) is 0 Å². The van der Waals surface area contributed by atoms with E-state index in [1.165, 1.54) is 13.0 Å². The minimum absolute atomic E-state index is 0.0510. The molecule has 0 bridgehead atoms. The molecule has 4 aliphatic rings. The van der Waals surface area contributed by atoms with Crippen molar-refractivity contribution < 1.29 is 43.3 Å². The van der Waals surface area contributed by atoms with Crippen LogP contribution in [0.25, 0.3) is 0 Å². The van der Waals surface area contributed by atoms with Crippen molar-refractivity contribution in [2.45, 2.75) is 70.6 Å². The highest BCUT2D eigenvalue weighted by molar-refractivity contribution is 6.36. The second-order valence-corrected chi connectivity index (χ2v) is 8.91. The molecule has 9 nitrogen and oxygen atoms in total. The smallest absolute Gasteiger partial charge is 0.375 e. The summed E-state index contributed by atoms with van der Waals surface area (Å²) in [7, 11) is 0. The van der Waals surface area contributed by atoms with E-state index in [2.05, 4.69) is 0 Å². The van der Waals surface area contributed by atoms with Gasteiger partial charge in [-0.05, 0) is 39.3 Å². The molecule has 2 saturated heterocycles. The zero-order valence-electron chi connectivity index (χ0n) is 17.9. The zero-order valence-corrected chi connectivity index (χ0v) is 17.9. The van der Waals surface area contributed by atoms with Crippen LogP contribution < -0.4 is 0 Å². The number of epoxide rings is 1. The van der Waals surface area contributed by atoms with Crippen LogP contribution in [0, 0.1) is 11.8 Å². The van der Waals surface area contributed by atoms with E-state index in [4.69, 9.17) is 14.2 Å². The molecule has 0 radical (unpaired) electrons. The summed E-state index contributed by atoms with van der Waals surface area (Å²) in [5.74, 6) is -5.97. The molecule has 0 spiro atoms. The van der Waals surface area contributed by atoms with Gasteiger partial charge < -0.3 is 19.3 Å². The average molecular weight is 432 g/mol. The largest absolute Gasteiger partial charge is 0.461 e. The van der Waals surface area contributed by atoms with Crippen molar-refractivity contribution in [2.75, 3.05) is 0 Å². The van der Waals surface area contributed by atoms with E-state index in [0.717, 1.165) is 6.92 Å². The highest BCUT2D eigenvalue weighted by Crippen LogP contribution is 2.51. The lowest BCUT2D eigenvalue weighted by atomic mass is 9.78. The number of Topliss-reactive ketones (excluding diaryl/α,β-unsaturated/α-hetero) is 2. The number of allylic oxidation sites excluding steroid dienone is 1. The van der Waals surface area contributed by atoms with Crippen LogP contribution in [0.3, 0.4) is 0 Å². The van der Waals surface area contributed by atoms with E-state index in [9.17, 15) is 29.1 Å². The van der Waals surface area contributed by atoms with Crippen molar-refractivity contribution in [1.29, 1.82) is 0 Å². The maximum Gasteiger partial charge on any atom is 0.375 e. The van der Waals surface area contributed by atoms with E-state index >= 15 is 0 Å². The molecule has 166 valence electrons. The number of fused-ring (bicyclic) bond motifs is 3. The van der Waals surface area contributed by atoms with Gasteiger partial charge in [0.05, 0.1) is 6.10 Å². The number of esters is 2. The Labute approximate surface area is 178 Å². The molecule has 2 heterocycles. The second-order valence-electron chi connectivity index (χ2n) is 8.91. The zero-order chi connectivity index (χ0) is 23.0. The van der Waals surface area contributed by atoms with E-state index in [0.29, 0.717) is 5.57 Å². The number of hydrogen-bond donors (Lipinski definition) is 1. The molecule has 7 atom stereocenters. The Morgan fingerprint density at radius 3 is 2.39 bits per heavy atom. The van der Waals surface area contributed by atoms with Gasteiger partial charge in [0.2, 0.25) is 0 Å². The first-order valence-electron chi connectivity index (χ1n) is 10.1. The first kappa shape index (κ1) is 21.6. The van der Waals surface area contributed by atoms with Gasteiger partial charge >= 0.3 is 11.9 Å². The lowest BCUT2D eigenvalue weighted by molar-refractivity contribution is -0.158. The van der Waals surface area contributed by atoms with Crippen LogP contribution in [0.2, 0.25) is 0 Å². The third kappa shape index (κ3) is 2.86. The maximum absolute atomic E-state index is 13.0. The molecule has 2 fully saturated rings. The SMILES string of the molecule is CC(=O)OC1C(CC(=O)C2(C)OC2C)C(C)=C2C(=O)C=C(C)C2(O)C2OC(=O)C(=O)C12. The van der Waals surface area contributed by atoms with Crippen molar-refractivity contribution >= 4 is 29.3 Å². The number of hydrogen-bond acceptors (Lipinski definition) is 9. The highest BCUT2D eigenvalue weighted by atomic mass is 16.6. The molecule has 0 amide bonds. The first-order chi connectivity index (χ1) is 14.3. The summed E-state index contributed by atoms with van der Waals surface area (Å²) in [5.41, 5.74) is -2.59. The number of aliphatic hydroxyl groups is 1. The molecule has 4 rings (SSSR count). The van der Waals surface area contributed by atoms with E-state index in [-0.39, 0.29) is 29.5 Å². The molecule has 31 heavy (non-hydrogen) atoms. The minimum atomic E-state index is -2.04. The summed E-state index contributed by atoms with van der Waals surface area (Å²) in [5, 5.41) is 11.6. The molecule has 0 aromatic rings. The Morgan fingerprint density at radius 2 is 1.84 bits per heavy atom. The van der Waals surface area contributed by atoms with Gasteiger partial charge in [0, 0.05) is 24.8 Å². The molecule has 2 aliphatic carbocycles. The Hall–Kier alpha value is -2.65. The molecule has 1 N–H and O–H groups in total. The van der Waals surface area contributed by atoms with E-state index < -0.39 is 58.8 Å². The third-order valence-corrected chi connectivity index (χ3v) is 7.15. The minimum Gasteiger partial charge on any atom is -0.461 e. The van der Waals surface area contributed by atoms with Crippen LogP contribution in [-0.2, 0) is 38.2 Å². The van der Waals surface area contributed by atoms with E-state index in [1.54, 1.807) is 20.8 Å². The molecule has 7 unspecified atom stereocenters. The molecule has 0 aromatic carbocycles. The van der Waals surface area contributed by atoms with Crippen molar-refractivity contribution in [2.24, 2.45) is 11.8 Å². The van der Waals surface area contributed by atoms with Crippen molar-refractivity contribution in [1.82, 2.24) is 0 Å². The Balaban J connectivity index is 1.89. The fourth-order valence-electron chi connectivity index (χ4n) is 5.14. The van der Waals surface area contributed by atoms with Crippen molar-refractivity contribution in [3.05, 3.63) is 22.8 Å². The van der Waals surface area contributed by atoms with Crippen LogP contribution in [0.4, 0.5) is 0 Å². The van der Waals surface area contributed by atoms with Gasteiger partial charge in [0.25, 0.3) is 5.78 Å². The summed E-state index contributed by atoms with van der Waals surface area (Å²) < 4.78 is 16.1. The standard InChI is InChI=1S/C22H24O9/c1-8-6-13(24)16-9(2)12(7-14(25)21(5)10(3)31-21)18(29-11(4)23)15-17(26)20(27)30-19(15)22(8,16)28/h6,10,12,15,18-19,28H,7H2,1-5H3. The predicted octanol–water partition coefficient (Wildman–Crippen LogP) is 0.372. The molecule has 0 aromatic heterocycles.